The number of halogens is 1. The molecule has 0 aliphatic carbocycles. The molecule has 0 unspecified atom stereocenters. The highest BCUT2D eigenvalue weighted by molar-refractivity contribution is 6.29. The molecule has 5 nitrogen and oxygen atoms in total. The van der Waals surface area contributed by atoms with Crippen LogP contribution in [0.1, 0.15) is 5.69 Å². The lowest BCUT2D eigenvalue weighted by molar-refractivity contribution is 0.791. The van der Waals surface area contributed by atoms with Gasteiger partial charge in [-0.3, -0.25) is 0 Å². The summed E-state index contributed by atoms with van der Waals surface area (Å²) in [6.45, 7) is 1.86. The standard InChI is InChI=1S/C8H8ClN5/c1-5-6(10)4-11-14(5)8-3-2-7(9)12-13-8/h2-4H,10H2,1H3. The van der Waals surface area contributed by atoms with Crippen LogP contribution in [-0.2, 0) is 0 Å². The van der Waals surface area contributed by atoms with Crippen molar-refractivity contribution in [1.29, 1.82) is 0 Å². The van der Waals surface area contributed by atoms with E-state index in [1.54, 1.807) is 23.0 Å². The van der Waals surface area contributed by atoms with Crippen LogP contribution in [0.2, 0.25) is 5.15 Å². The Balaban J connectivity index is 2.49. The van der Waals surface area contributed by atoms with Crippen LogP contribution in [0.4, 0.5) is 5.69 Å². The Kier molecular flexibility index (Phi) is 2.09. The number of nitrogens with two attached hydrogens (primary N) is 1. The number of anilines is 1. The van der Waals surface area contributed by atoms with Crippen LogP contribution in [0.3, 0.4) is 0 Å². The van der Waals surface area contributed by atoms with Crippen LogP contribution < -0.4 is 5.73 Å². The fourth-order valence-corrected chi connectivity index (χ4v) is 1.18. The number of rotatable bonds is 1. The highest BCUT2D eigenvalue weighted by atomic mass is 35.5. The zero-order chi connectivity index (χ0) is 10.1. The monoisotopic (exact) mass is 209 g/mol. The van der Waals surface area contributed by atoms with Gasteiger partial charge in [-0.2, -0.15) is 5.10 Å². The lowest BCUT2D eigenvalue weighted by Gasteiger charge is -2.01. The van der Waals surface area contributed by atoms with Crippen LogP contribution in [0.15, 0.2) is 18.3 Å². The first kappa shape index (κ1) is 8.96. The molecule has 2 rings (SSSR count). The van der Waals surface area contributed by atoms with Gasteiger partial charge in [-0.15, -0.1) is 10.2 Å². The molecular weight excluding hydrogens is 202 g/mol. The van der Waals surface area contributed by atoms with E-state index in [1.165, 1.54) is 0 Å². The van der Waals surface area contributed by atoms with Crippen molar-refractivity contribution in [3.8, 4) is 5.82 Å². The number of aromatic nitrogens is 4. The van der Waals surface area contributed by atoms with Crippen LogP contribution in [0.25, 0.3) is 5.82 Å². The van der Waals surface area contributed by atoms with E-state index < -0.39 is 0 Å². The zero-order valence-corrected chi connectivity index (χ0v) is 8.23. The molecule has 14 heavy (non-hydrogen) atoms. The largest absolute Gasteiger partial charge is 0.396 e. The van der Waals surface area contributed by atoms with Crippen molar-refractivity contribution in [3.63, 3.8) is 0 Å². The maximum absolute atomic E-state index is 5.65. The highest BCUT2D eigenvalue weighted by Gasteiger charge is 2.06. The van der Waals surface area contributed by atoms with Crippen molar-refractivity contribution in [3.05, 3.63) is 29.2 Å². The average molecular weight is 210 g/mol. The summed E-state index contributed by atoms with van der Waals surface area (Å²) < 4.78 is 1.61. The third-order valence-corrected chi connectivity index (χ3v) is 2.08. The van der Waals surface area contributed by atoms with Gasteiger partial charge < -0.3 is 5.73 Å². The summed E-state index contributed by atoms with van der Waals surface area (Å²) in [5, 5.41) is 12.0. The molecule has 2 N–H and O–H groups in total. The van der Waals surface area contributed by atoms with Crippen molar-refractivity contribution in [1.82, 2.24) is 20.0 Å². The van der Waals surface area contributed by atoms with E-state index in [-0.39, 0.29) is 0 Å². The molecule has 0 saturated carbocycles. The van der Waals surface area contributed by atoms with Gasteiger partial charge in [0.2, 0.25) is 0 Å². The second kappa shape index (κ2) is 3.26. The molecule has 0 bridgehead atoms. The van der Waals surface area contributed by atoms with Gasteiger partial charge in [-0.1, -0.05) is 11.6 Å². The summed E-state index contributed by atoms with van der Waals surface area (Å²) in [4.78, 5) is 0. The van der Waals surface area contributed by atoms with Crippen molar-refractivity contribution < 1.29 is 0 Å². The lowest BCUT2D eigenvalue weighted by Crippen LogP contribution is -2.03. The zero-order valence-electron chi connectivity index (χ0n) is 7.48. The van der Waals surface area contributed by atoms with Crippen molar-refractivity contribution >= 4 is 17.3 Å². The Morgan fingerprint density at radius 1 is 1.36 bits per heavy atom. The number of nitrogen functional groups attached to an aromatic ring is 1. The summed E-state index contributed by atoms with van der Waals surface area (Å²) in [6, 6.07) is 3.38. The van der Waals surface area contributed by atoms with Crippen LogP contribution in [0.5, 0.6) is 0 Å². The minimum absolute atomic E-state index is 0.353. The second-order valence-corrected chi connectivity index (χ2v) is 3.20. The summed E-state index contributed by atoms with van der Waals surface area (Å²) >= 11 is 5.62. The molecule has 0 fully saturated rings. The molecule has 0 aliphatic rings. The quantitative estimate of drug-likeness (QED) is 0.767. The van der Waals surface area contributed by atoms with E-state index >= 15 is 0 Å². The molecule has 0 aromatic carbocycles. The normalized spacial score (nSPS) is 10.4. The molecular formula is C8H8ClN5. The first-order chi connectivity index (χ1) is 6.68. The van der Waals surface area contributed by atoms with Gasteiger partial charge in [0.1, 0.15) is 0 Å². The van der Waals surface area contributed by atoms with E-state index in [2.05, 4.69) is 15.3 Å². The van der Waals surface area contributed by atoms with E-state index in [0.29, 0.717) is 16.7 Å². The van der Waals surface area contributed by atoms with E-state index in [1.807, 2.05) is 6.92 Å². The van der Waals surface area contributed by atoms with Gasteiger partial charge in [-0.05, 0) is 19.1 Å². The van der Waals surface area contributed by atoms with E-state index in [9.17, 15) is 0 Å². The fourth-order valence-electron chi connectivity index (χ4n) is 1.08. The Bertz CT molecular complexity index is 447. The molecule has 2 heterocycles. The Morgan fingerprint density at radius 2 is 2.14 bits per heavy atom. The van der Waals surface area contributed by atoms with Crippen molar-refractivity contribution in [2.75, 3.05) is 5.73 Å². The van der Waals surface area contributed by atoms with E-state index in [0.717, 1.165) is 5.69 Å². The van der Waals surface area contributed by atoms with Crippen molar-refractivity contribution in [2.24, 2.45) is 0 Å². The van der Waals surface area contributed by atoms with Gasteiger partial charge in [0.25, 0.3) is 0 Å². The number of nitrogens with zero attached hydrogens (tertiary/aromatic N) is 4. The van der Waals surface area contributed by atoms with Gasteiger partial charge >= 0.3 is 0 Å². The SMILES string of the molecule is Cc1c(N)cnn1-c1ccc(Cl)nn1. The minimum atomic E-state index is 0.353. The predicted octanol–water partition coefficient (Wildman–Crippen LogP) is 1.21. The summed E-state index contributed by atoms with van der Waals surface area (Å²) in [7, 11) is 0. The third kappa shape index (κ3) is 1.42. The van der Waals surface area contributed by atoms with Crippen molar-refractivity contribution in [2.45, 2.75) is 6.92 Å². The van der Waals surface area contributed by atoms with E-state index in [4.69, 9.17) is 17.3 Å². The average Bonchev–Trinajstić information content (AvgIpc) is 2.50. The Morgan fingerprint density at radius 3 is 2.64 bits per heavy atom. The lowest BCUT2D eigenvalue weighted by atomic mass is 10.4. The van der Waals surface area contributed by atoms with Gasteiger partial charge in [0.15, 0.2) is 11.0 Å². The highest BCUT2D eigenvalue weighted by Crippen LogP contribution is 2.13. The fraction of sp³-hybridized carbons (Fsp3) is 0.125. The Hall–Kier alpha value is -1.62. The number of hydrogen-bond acceptors (Lipinski definition) is 4. The molecule has 0 atom stereocenters. The maximum Gasteiger partial charge on any atom is 0.176 e. The smallest absolute Gasteiger partial charge is 0.176 e. The first-order valence-corrected chi connectivity index (χ1v) is 4.36. The molecule has 72 valence electrons. The third-order valence-electron chi connectivity index (χ3n) is 1.88. The molecule has 2 aromatic heterocycles. The topological polar surface area (TPSA) is 69.6 Å². The minimum Gasteiger partial charge on any atom is -0.396 e. The predicted molar refractivity (Wildman–Crippen MR) is 53.3 cm³/mol. The Labute approximate surface area is 85.5 Å². The molecule has 6 heteroatoms. The maximum atomic E-state index is 5.65. The molecule has 0 saturated heterocycles. The molecule has 0 spiro atoms. The first-order valence-electron chi connectivity index (χ1n) is 3.98. The van der Waals surface area contributed by atoms with Gasteiger partial charge in [0, 0.05) is 0 Å². The van der Waals surface area contributed by atoms with Gasteiger partial charge in [0.05, 0.1) is 17.6 Å². The number of hydrogen-bond donors (Lipinski definition) is 1. The molecule has 0 radical (unpaired) electrons. The second-order valence-electron chi connectivity index (χ2n) is 2.81. The van der Waals surface area contributed by atoms with Crippen LogP contribution in [0, 0.1) is 6.92 Å². The summed E-state index contributed by atoms with van der Waals surface area (Å²) in [5.41, 5.74) is 7.11. The van der Waals surface area contributed by atoms with Gasteiger partial charge in [-0.25, -0.2) is 4.68 Å². The van der Waals surface area contributed by atoms with Crippen LogP contribution >= 0.6 is 11.6 Å². The van der Waals surface area contributed by atoms with Crippen LogP contribution in [-0.4, -0.2) is 20.0 Å². The molecule has 0 aliphatic heterocycles. The summed E-state index contributed by atoms with van der Waals surface area (Å²) in [6.07, 6.45) is 1.58. The molecule has 2 aromatic rings. The molecule has 0 amide bonds. The summed E-state index contributed by atoms with van der Waals surface area (Å²) in [5.74, 6) is 0.601.